The van der Waals surface area contributed by atoms with E-state index >= 15 is 0 Å². The number of aromatic nitrogens is 1. The summed E-state index contributed by atoms with van der Waals surface area (Å²) in [4.78, 5) is 24.4. The van der Waals surface area contributed by atoms with Crippen LogP contribution in [-0.4, -0.2) is 55.1 Å². The average Bonchev–Trinajstić information content (AvgIpc) is 3.27. The molecular formula is C27H25N3O4. The predicted octanol–water partition coefficient (Wildman–Crippen LogP) is 5.33. The number of esters is 1. The Labute approximate surface area is 197 Å². The largest absolute Gasteiger partial charge is 0.460 e. The average molecular weight is 456 g/mol. The maximum absolute atomic E-state index is 12.8. The Morgan fingerprint density at radius 3 is 2.41 bits per heavy atom. The Balaban J connectivity index is 1.74. The zero-order valence-corrected chi connectivity index (χ0v) is 18.9. The van der Waals surface area contributed by atoms with E-state index in [0.717, 1.165) is 35.5 Å². The van der Waals surface area contributed by atoms with Crippen LogP contribution in [0.3, 0.4) is 0 Å². The van der Waals surface area contributed by atoms with Crippen LogP contribution in [0.25, 0.3) is 33.5 Å². The van der Waals surface area contributed by atoms with Gasteiger partial charge in [-0.05, 0) is 24.1 Å². The number of fused-ring (bicyclic) bond motifs is 1. The van der Waals surface area contributed by atoms with E-state index in [0.29, 0.717) is 30.0 Å². The molecule has 7 heteroatoms. The van der Waals surface area contributed by atoms with E-state index in [-0.39, 0.29) is 12.4 Å². The normalized spacial score (nSPS) is 14.1. The Morgan fingerprint density at radius 2 is 1.74 bits per heavy atom. The molecule has 0 radical (unpaired) electrons. The number of carbonyl (C=O) groups excluding carboxylic acids is 1. The second-order valence-corrected chi connectivity index (χ2v) is 7.86. The van der Waals surface area contributed by atoms with Gasteiger partial charge >= 0.3 is 5.97 Å². The molecule has 172 valence electrons. The molecular weight excluding hydrogens is 430 g/mol. The van der Waals surface area contributed by atoms with E-state index in [9.17, 15) is 4.79 Å². The minimum atomic E-state index is -0.560. The lowest BCUT2D eigenvalue weighted by molar-refractivity contribution is 0.0493. The van der Waals surface area contributed by atoms with Gasteiger partial charge in [0.2, 0.25) is 11.5 Å². The van der Waals surface area contributed by atoms with Crippen molar-refractivity contribution in [3.63, 3.8) is 0 Å². The number of benzene rings is 2. The van der Waals surface area contributed by atoms with Gasteiger partial charge in [-0.15, -0.1) is 0 Å². The zero-order chi connectivity index (χ0) is 23.3. The maximum Gasteiger partial charge on any atom is 0.376 e. The highest BCUT2D eigenvalue weighted by molar-refractivity contribution is 6.09. The minimum absolute atomic E-state index is 0.0521. The molecule has 5 rings (SSSR count). The molecule has 1 saturated heterocycles. The monoisotopic (exact) mass is 455 g/mol. The van der Waals surface area contributed by atoms with Crippen molar-refractivity contribution in [2.75, 3.05) is 32.9 Å². The third-order valence-corrected chi connectivity index (χ3v) is 5.65. The highest BCUT2D eigenvalue weighted by Crippen LogP contribution is 2.41. The molecule has 1 fully saturated rings. The van der Waals surface area contributed by atoms with Crippen LogP contribution in [0.15, 0.2) is 76.1 Å². The molecule has 0 unspecified atom stereocenters. The van der Waals surface area contributed by atoms with Gasteiger partial charge in [0.05, 0.1) is 37.2 Å². The first-order valence-corrected chi connectivity index (χ1v) is 11.4. The summed E-state index contributed by atoms with van der Waals surface area (Å²) in [5.74, 6) is -0.508. The Bertz CT molecular complexity index is 1310. The Hall–Kier alpha value is -3.97. The lowest BCUT2D eigenvalue weighted by atomic mass is 9.99. The molecule has 2 aromatic heterocycles. The van der Waals surface area contributed by atoms with Crippen LogP contribution in [-0.2, 0) is 9.47 Å². The van der Waals surface area contributed by atoms with Crippen LogP contribution in [0.1, 0.15) is 17.5 Å². The number of nitrogens with zero attached hydrogens (tertiary/aromatic N) is 3. The van der Waals surface area contributed by atoms with Crippen molar-refractivity contribution in [2.24, 2.45) is 4.99 Å². The molecule has 1 aliphatic rings. The molecule has 0 spiro atoms. The van der Waals surface area contributed by atoms with E-state index in [1.54, 1.807) is 13.3 Å². The van der Waals surface area contributed by atoms with Gasteiger partial charge in [-0.1, -0.05) is 60.7 Å². The van der Waals surface area contributed by atoms with Gasteiger partial charge in [-0.2, -0.15) is 0 Å². The van der Waals surface area contributed by atoms with Crippen molar-refractivity contribution in [1.29, 1.82) is 0 Å². The van der Waals surface area contributed by atoms with Gasteiger partial charge in [-0.3, -0.25) is 0 Å². The number of carbonyl (C=O) groups is 1. The number of hydrogen-bond donors (Lipinski definition) is 0. The number of ether oxygens (including phenoxy) is 2. The van der Waals surface area contributed by atoms with E-state index in [4.69, 9.17) is 23.9 Å². The Morgan fingerprint density at radius 1 is 1.06 bits per heavy atom. The summed E-state index contributed by atoms with van der Waals surface area (Å²) in [5.41, 5.74) is 4.33. The van der Waals surface area contributed by atoms with Crippen molar-refractivity contribution in [1.82, 2.24) is 9.88 Å². The Kier molecular flexibility index (Phi) is 6.35. The van der Waals surface area contributed by atoms with Crippen LogP contribution in [0, 0.1) is 0 Å². The summed E-state index contributed by atoms with van der Waals surface area (Å²) in [5, 5.41) is 0.679. The summed E-state index contributed by atoms with van der Waals surface area (Å²) in [7, 11) is 0. The number of hydrogen-bond acceptors (Lipinski definition) is 6. The summed E-state index contributed by atoms with van der Waals surface area (Å²) in [6, 6.07) is 21.9. The molecule has 0 saturated carbocycles. The zero-order valence-electron chi connectivity index (χ0n) is 18.9. The van der Waals surface area contributed by atoms with E-state index in [2.05, 4.69) is 4.90 Å². The van der Waals surface area contributed by atoms with Crippen molar-refractivity contribution in [3.05, 3.63) is 72.5 Å². The van der Waals surface area contributed by atoms with Gasteiger partial charge in [0.1, 0.15) is 5.69 Å². The van der Waals surface area contributed by atoms with Gasteiger partial charge < -0.3 is 18.8 Å². The number of aliphatic imine (C=N–C) groups is 1. The standard InChI is InChI=1S/C27H25N3O4/c1-2-33-27(31)25-24(28-18-30-13-15-32-16-14-30)23-21(19-9-5-3-6-10-19)17-22(29-26(23)34-25)20-11-7-4-8-12-20/h3-12,17-18H,2,13-16H2,1H3. The first-order chi connectivity index (χ1) is 16.7. The lowest BCUT2D eigenvalue weighted by Crippen LogP contribution is -2.35. The number of rotatable bonds is 6. The van der Waals surface area contributed by atoms with Gasteiger partial charge in [0.15, 0.2) is 0 Å². The fraction of sp³-hybridized carbons (Fsp3) is 0.222. The summed E-state index contributed by atoms with van der Waals surface area (Å²) in [6.45, 7) is 4.74. The molecule has 0 atom stereocenters. The number of morpholine rings is 1. The van der Waals surface area contributed by atoms with E-state index in [1.165, 1.54) is 0 Å². The minimum Gasteiger partial charge on any atom is -0.460 e. The molecule has 34 heavy (non-hydrogen) atoms. The smallest absolute Gasteiger partial charge is 0.376 e. The van der Waals surface area contributed by atoms with Crippen molar-refractivity contribution in [2.45, 2.75) is 6.92 Å². The predicted molar refractivity (Wildman–Crippen MR) is 131 cm³/mol. The number of pyridine rings is 1. The van der Waals surface area contributed by atoms with Crippen molar-refractivity contribution < 1.29 is 18.7 Å². The highest BCUT2D eigenvalue weighted by atomic mass is 16.5. The molecule has 0 amide bonds. The van der Waals surface area contributed by atoms with E-state index in [1.807, 2.05) is 66.7 Å². The van der Waals surface area contributed by atoms with Crippen LogP contribution in [0.2, 0.25) is 0 Å². The molecule has 2 aromatic carbocycles. The molecule has 3 heterocycles. The van der Waals surface area contributed by atoms with Gasteiger partial charge in [0.25, 0.3) is 0 Å². The van der Waals surface area contributed by atoms with E-state index < -0.39 is 5.97 Å². The van der Waals surface area contributed by atoms with Gasteiger partial charge in [-0.25, -0.2) is 14.8 Å². The first kappa shape index (κ1) is 21.9. The van der Waals surface area contributed by atoms with Crippen LogP contribution in [0.5, 0.6) is 0 Å². The van der Waals surface area contributed by atoms with Crippen LogP contribution in [0.4, 0.5) is 5.69 Å². The van der Waals surface area contributed by atoms with Crippen LogP contribution < -0.4 is 0 Å². The maximum atomic E-state index is 12.8. The lowest BCUT2D eigenvalue weighted by Gasteiger charge is -2.24. The second-order valence-electron chi connectivity index (χ2n) is 7.86. The second kappa shape index (κ2) is 9.89. The summed E-state index contributed by atoms with van der Waals surface area (Å²) < 4.78 is 16.7. The fourth-order valence-corrected chi connectivity index (χ4v) is 3.98. The highest BCUT2D eigenvalue weighted by Gasteiger charge is 2.26. The topological polar surface area (TPSA) is 77.2 Å². The summed E-state index contributed by atoms with van der Waals surface area (Å²) >= 11 is 0. The fourth-order valence-electron chi connectivity index (χ4n) is 3.98. The van der Waals surface area contributed by atoms with Crippen LogP contribution >= 0.6 is 0 Å². The SMILES string of the molecule is CCOC(=O)c1oc2nc(-c3ccccc3)cc(-c3ccccc3)c2c1N=CN1CCOCC1. The van der Waals surface area contributed by atoms with Crippen molar-refractivity contribution >= 4 is 29.1 Å². The van der Waals surface area contributed by atoms with Gasteiger partial charge in [0, 0.05) is 18.7 Å². The molecule has 0 aliphatic carbocycles. The third kappa shape index (κ3) is 4.43. The van der Waals surface area contributed by atoms with Crippen molar-refractivity contribution in [3.8, 4) is 22.4 Å². The molecule has 1 aliphatic heterocycles. The number of furan rings is 1. The molecule has 7 nitrogen and oxygen atoms in total. The molecule has 0 N–H and O–H groups in total. The summed E-state index contributed by atoms with van der Waals surface area (Å²) in [6.07, 6.45) is 1.75. The quantitative estimate of drug-likeness (QED) is 0.222. The molecule has 4 aromatic rings. The first-order valence-electron chi connectivity index (χ1n) is 11.4. The molecule has 0 bridgehead atoms. The third-order valence-electron chi connectivity index (χ3n) is 5.65.